The maximum atomic E-state index is 13.1. The normalized spacial score (nSPS) is 32.6. The van der Waals surface area contributed by atoms with Crippen LogP contribution in [0, 0.1) is 0 Å². The number of aliphatic hydroxyl groups excluding tert-OH is 1. The molecule has 1 N–H and O–H groups in total. The standard InChI is InChI=1S/C9H18FNO.C2H6/c1-3-9(7-12)5-8(10)6-11(9)4-2;1-2/h8,12H,3-7H2,1-2H3;1-2H3. The number of likely N-dealkylation sites (N-methyl/N-ethyl adjacent to an activating group) is 1. The second-order valence-corrected chi connectivity index (χ2v) is 3.58. The molecule has 1 aliphatic rings. The van der Waals surface area contributed by atoms with Crippen molar-refractivity contribution in [2.45, 2.75) is 52.2 Å². The highest BCUT2D eigenvalue weighted by atomic mass is 19.1. The fourth-order valence-corrected chi connectivity index (χ4v) is 2.15. The molecule has 0 bridgehead atoms. The van der Waals surface area contributed by atoms with Crippen molar-refractivity contribution in [2.24, 2.45) is 0 Å². The number of nitrogens with zero attached hydrogens (tertiary/aromatic N) is 1. The Morgan fingerprint density at radius 2 is 2.00 bits per heavy atom. The van der Waals surface area contributed by atoms with Crippen molar-refractivity contribution in [1.82, 2.24) is 4.90 Å². The minimum atomic E-state index is -0.753. The summed E-state index contributed by atoms with van der Waals surface area (Å²) in [5, 5.41) is 9.23. The molecule has 3 heteroatoms. The van der Waals surface area contributed by atoms with Gasteiger partial charge in [0.2, 0.25) is 0 Å². The summed E-state index contributed by atoms with van der Waals surface area (Å²) >= 11 is 0. The molecule has 0 aromatic rings. The van der Waals surface area contributed by atoms with Crippen LogP contribution in [0.5, 0.6) is 0 Å². The first-order valence-corrected chi connectivity index (χ1v) is 5.68. The van der Waals surface area contributed by atoms with E-state index in [1.807, 2.05) is 27.7 Å². The van der Waals surface area contributed by atoms with Crippen molar-refractivity contribution in [3.05, 3.63) is 0 Å². The van der Waals surface area contributed by atoms with Crippen LogP contribution in [0.1, 0.15) is 40.5 Å². The van der Waals surface area contributed by atoms with Crippen molar-refractivity contribution in [2.75, 3.05) is 19.7 Å². The maximum Gasteiger partial charge on any atom is 0.115 e. The van der Waals surface area contributed by atoms with Crippen LogP contribution in [-0.2, 0) is 0 Å². The Kier molecular flexibility index (Phi) is 6.29. The second kappa shape index (κ2) is 6.36. The zero-order valence-corrected chi connectivity index (χ0v) is 9.89. The van der Waals surface area contributed by atoms with Crippen LogP contribution in [-0.4, -0.2) is 41.4 Å². The molecule has 0 amide bonds. The molecule has 1 rings (SSSR count). The molecule has 0 spiro atoms. The van der Waals surface area contributed by atoms with Crippen molar-refractivity contribution < 1.29 is 9.50 Å². The number of halogens is 1. The third kappa shape index (κ3) is 2.67. The number of hydrogen-bond donors (Lipinski definition) is 1. The Balaban J connectivity index is 0.000000791. The zero-order valence-electron chi connectivity index (χ0n) is 9.89. The topological polar surface area (TPSA) is 23.5 Å². The maximum absolute atomic E-state index is 13.1. The molecule has 2 nitrogen and oxygen atoms in total. The lowest BCUT2D eigenvalue weighted by atomic mass is 9.93. The monoisotopic (exact) mass is 205 g/mol. The summed E-state index contributed by atoms with van der Waals surface area (Å²) in [4.78, 5) is 2.05. The van der Waals surface area contributed by atoms with E-state index in [-0.39, 0.29) is 12.1 Å². The Hall–Kier alpha value is -0.150. The second-order valence-electron chi connectivity index (χ2n) is 3.58. The smallest absolute Gasteiger partial charge is 0.115 e. The van der Waals surface area contributed by atoms with E-state index in [1.165, 1.54) is 0 Å². The molecule has 86 valence electrons. The Morgan fingerprint density at radius 1 is 1.43 bits per heavy atom. The predicted octanol–water partition coefficient (Wildman–Crippen LogP) is 2.22. The number of rotatable bonds is 3. The van der Waals surface area contributed by atoms with Gasteiger partial charge >= 0.3 is 0 Å². The summed E-state index contributed by atoms with van der Waals surface area (Å²) in [6.45, 7) is 9.42. The first kappa shape index (κ1) is 13.8. The van der Waals surface area contributed by atoms with Gasteiger partial charge in [-0.25, -0.2) is 4.39 Å². The van der Waals surface area contributed by atoms with E-state index in [4.69, 9.17) is 0 Å². The number of aliphatic hydroxyl groups is 1. The van der Waals surface area contributed by atoms with Gasteiger partial charge in [-0.05, 0) is 13.0 Å². The Morgan fingerprint density at radius 3 is 2.29 bits per heavy atom. The van der Waals surface area contributed by atoms with Gasteiger partial charge in [0, 0.05) is 18.5 Å². The van der Waals surface area contributed by atoms with Gasteiger partial charge in [0.25, 0.3) is 0 Å². The number of hydrogen-bond acceptors (Lipinski definition) is 2. The number of alkyl halides is 1. The average molecular weight is 205 g/mol. The quantitative estimate of drug-likeness (QED) is 0.763. The number of likely N-dealkylation sites (tertiary alicyclic amines) is 1. The van der Waals surface area contributed by atoms with E-state index >= 15 is 0 Å². The summed E-state index contributed by atoms with van der Waals surface area (Å²) < 4.78 is 13.1. The van der Waals surface area contributed by atoms with Gasteiger partial charge < -0.3 is 5.11 Å². The molecular weight excluding hydrogens is 181 g/mol. The fourth-order valence-electron chi connectivity index (χ4n) is 2.15. The third-order valence-electron chi connectivity index (χ3n) is 3.02. The molecule has 1 fully saturated rings. The molecule has 0 aromatic carbocycles. The molecule has 1 aliphatic heterocycles. The van der Waals surface area contributed by atoms with E-state index in [1.54, 1.807) is 0 Å². The van der Waals surface area contributed by atoms with Crippen LogP contribution in [0.3, 0.4) is 0 Å². The summed E-state index contributed by atoms with van der Waals surface area (Å²) in [5.74, 6) is 0. The summed E-state index contributed by atoms with van der Waals surface area (Å²) in [7, 11) is 0. The van der Waals surface area contributed by atoms with Gasteiger partial charge in [0.05, 0.1) is 6.61 Å². The van der Waals surface area contributed by atoms with Crippen LogP contribution >= 0.6 is 0 Å². The predicted molar refractivity (Wildman–Crippen MR) is 58.2 cm³/mol. The fraction of sp³-hybridized carbons (Fsp3) is 1.00. The highest BCUT2D eigenvalue weighted by molar-refractivity contribution is 4.98. The molecule has 0 aromatic heterocycles. The van der Waals surface area contributed by atoms with Gasteiger partial charge in [0.1, 0.15) is 6.17 Å². The van der Waals surface area contributed by atoms with Crippen molar-refractivity contribution in [1.29, 1.82) is 0 Å². The van der Waals surface area contributed by atoms with E-state index in [2.05, 4.69) is 4.90 Å². The Bertz CT molecular complexity index is 148. The van der Waals surface area contributed by atoms with Crippen molar-refractivity contribution in [3.8, 4) is 0 Å². The molecule has 1 heterocycles. The highest BCUT2D eigenvalue weighted by Gasteiger charge is 2.43. The summed E-state index contributed by atoms with van der Waals surface area (Å²) in [6.07, 6.45) is 0.572. The van der Waals surface area contributed by atoms with Gasteiger partial charge in [0.15, 0.2) is 0 Å². The molecular formula is C11H24FNO. The van der Waals surface area contributed by atoms with Gasteiger partial charge in [-0.3, -0.25) is 4.90 Å². The van der Waals surface area contributed by atoms with Crippen molar-refractivity contribution in [3.63, 3.8) is 0 Å². The SMILES string of the molecule is CC.CCN1CC(F)CC1(CC)CO. The molecule has 0 saturated carbocycles. The molecule has 1 saturated heterocycles. The lowest BCUT2D eigenvalue weighted by Gasteiger charge is -2.34. The molecule has 0 radical (unpaired) electrons. The minimum Gasteiger partial charge on any atom is -0.394 e. The molecule has 2 unspecified atom stereocenters. The molecule has 14 heavy (non-hydrogen) atoms. The third-order valence-corrected chi connectivity index (χ3v) is 3.02. The van der Waals surface area contributed by atoms with Crippen LogP contribution < -0.4 is 0 Å². The molecule has 0 aliphatic carbocycles. The van der Waals surface area contributed by atoms with E-state index in [9.17, 15) is 9.50 Å². The zero-order chi connectivity index (χ0) is 11.2. The average Bonchev–Trinajstić information content (AvgIpc) is 2.58. The van der Waals surface area contributed by atoms with E-state index in [0.29, 0.717) is 13.0 Å². The van der Waals surface area contributed by atoms with Crippen molar-refractivity contribution >= 4 is 0 Å². The lowest BCUT2D eigenvalue weighted by Crippen LogP contribution is -2.46. The highest BCUT2D eigenvalue weighted by Crippen LogP contribution is 2.33. The first-order valence-electron chi connectivity index (χ1n) is 5.68. The lowest BCUT2D eigenvalue weighted by molar-refractivity contribution is 0.0646. The minimum absolute atomic E-state index is 0.0811. The van der Waals surface area contributed by atoms with E-state index < -0.39 is 6.17 Å². The van der Waals surface area contributed by atoms with Crippen LogP contribution in [0.2, 0.25) is 0 Å². The largest absolute Gasteiger partial charge is 0.394 e. The van der Waals surface area contributed by atoms with Gasteiger partial charge in [-0.2, -0.15) is 0 Å². The van der Waals surface area contributed by atoms with Crippen LogP contribution in [0.15, 0.2) is 0 Å². The first-order chi connectivity index (χ1) is 6.68. The summed E-state index contributed by atoms with van der Waals surface area (Å²) in [5.41, 5.74) is -0.270. The van der Waals surface area contributed by atoms with Gasteiger partial charge in [-0.15, -0.1) is 0 Å². The van der Waals surface area contributed by atoms with Gasteiger partial charge in [-0.1, -0.05) is 27.7 Å². The van der Waals surface area contributed by atoms with E-state index in [0.717, 1.165) is 13.0 Å². The molecule has 2 atom stereocenters. The Labute approximate surface area is 87.1 Å². The summed E-state index contributed by atoms with van der Waals surface area (Å²) in [6, 6.07) is 0. The van der Waals surface area contributed by atoms with Crippen LogP contribution in [0.25, 0.3) is 0 Å². The van der Waals surface area contributed by atoms with Crippen LogP contribution in [0.4, 0.5) is 4.39 Å².